The van der Waals surface area contributed by atoms with E-state index in [0.29, 0.717) is 35.5 Å². The highest BCUT2D eigenvalue weighted by molar-refractivity contribution is 7.55. The van der Waals surface area contributed by atoms with Crippen LogP contribution in [0.4, 0.5) is 0 Å². The monoisotopic (exact) mass is 1640 g/mol. The molecule has 1 fully saturated rings. The molecule has 0 saturated heterocycles. The van der Waals surface area contributed by atoms with Gasteiger partial charge in [-0.25, -0.2) is 0 Å². The summed E-state index contributed by atoms with van der Waals surface area (Å²) in [6, 6.07) is 44.7. The maximum absolute atomic E-state index is 4.90. The lowest BCUT2D eigenvalue weighted by atomic mass is 9.65. The molecule has 131 heavy (non-hydrogen) atoms. The molecule has 0 N–H and O–H groups in total. The zero-order valence-electron chi connectivity index (χ0n) is 70.4. The summed E-state index contributed by atoms with van der Waals surface area (Å²) < 4.78 is 0. The lowest BCUT2D eigenvalue weighted by molar-refractivity contribution is 0.355. The Labute approximate surface area is 765 Å². The first kappa shape index (κ1) is 81.8. The number of rotatable bonds is 2. The minimum atomic E-state index is 0.534. The Morgan fingerprint density at radius 1 is 0.275 bits per heavy atom. The largest absolute Gasteiger partial charge is 0.251 e. The Morgan fingerprint density at radius 3 is 0.924 bits per heavy atom. The van der Waals surface area contributed by atoms with Gasteiger partial charge in [0, 0.05) is 277 Å². The molecule has 4 heteroatoms. The number of aryl methyl sites for hydroxylation is 2. The number of fused-ring (bicyclic) bond motifs is 8. The number of nitrogens with zero attached hydrogens (tertiary/aromatic N) is 2. The fourth-order valence-electron chi connectivity index (χ4n) is 19.0. The van der Waals surface area contributed by atoms with Gasteiger partial charge >= 0.3 is 0 Å². The van der Waals surface area contributed by atoms with Crippen molar-refractivity contribution in [2.45, 2.75) is 52.3 Å². The van der Waals surface area contributed by atoms with Gasteiger partial charge in [-0.15, -0.1) is 0 Å². The van der Waals surface area contributed by atoms with Gasteiger partial charge in [0.15, 0.2) is 0 Å². The standard InChI is InChI=1S/C60H6.C40H16.C26H20N2.CH5BP/c1-3-5-7-9-11-13-15-17-19-21-23-25-27-29-31-33-35-37-39-41-43-45-47-49-51-53-55-57-59-60-58-56-54-52-50-48-46-44-42-40-38-36-34-32-30-28-26-24-22-20-18-16-14-12-10-8-6-4-2;1-2-12-14-5-6-16-18-9-10-20-19-8-7-17-15-4-3-13-11(1)21-22(12)32-24(14)26(16)34-29(18)30(20)35-28(19)27(17)33-25(15)23(13)31(21)36-37(32)39(34)40(35)38(33)36;1-17-15-23(19-9-5-3-6-10-19)21-13-14-22-24(20-11-7-4-8-12-20)16-18(2)28-26(22)25(21)27-17;1-2-3/h1-2H3;1-13,21-23H;3-16H,1-2H3;3H2,1H3. The third kappa shape index (κ3) is 15.5. The van der Waals surface area contributed by atoms with Crippen LogP contribution in [-0.4, -0.2) is 17.0 Å². The van der Waals surface area contributed by atoms with E-state index in [1.54, 1.807) is 111 Å². The van der Waals surface area contributed by atoms with Crippen LogP contribution in [0, 0.1) is 375 Å². The summed E-state index contributed by atoms with van der Waals surface area (Å²) in [6.07, 6.45) is 10.6. The van der Waals surface area contributed by atoms with Gasteiger partial charge in [-0.05, 0) is 305 Å². The van der Waals surface area contributed by atoms with Crippen LogP contribution in [0.15, 0.2) is 140 Å². The van der Waals surface area contributed by atoms with Gasteiger partial charge < -0.3 is 0 Å². The van der Waals surface area contributed by atoms with Gasteiger partial charge in [0.25, 0.3) is 0 Å². The van der Waals surface area contributed by atoms with Crippen molar-refractivity contribution in [2.75, 3.05) is 0 Å². The van der Waals surface area contributed by atoms with Gasteiger partial charge in [0.05, 0.1) is 11.0 Å². The summed E-state index contributed by atoms with van der Waals surface area (Å²) in [5.74, 6) is 149. The molecule has 0 spiro atoms. The fraction of sp³-hybridized carbons (Fsp3) is 0.0866. The lowest BCUT2D eigenvalue weighted by Crippen LogP contribution is -2.31. The molecule has 0 amide bonds. The Hall–Kier alpha value is -20.2. The second kappa shape index (κ2) is 38.1. The van der Waals surface area contributed by atoms with Gasteiger partial charge in [0.2, 0.25) is 0 Å². The molecular formula is C127H47BN2P. The van der Waals surface area contributed by atoms with Crippen LogP contribution in [0.1, 0.15) is 65.2 Å². The van der Waals surface area contributed by atoms with E-state index in [1.165, 1.54) is 49.2 Å². The number of allylic oxidation sites excluding steroid dienone is 3. The predicted molar refractivity (Wildman–Crippen MR) is 542 cm³/mol. The number of pyridine rings is 2. The molecule has 13 aromatic carbocycles. The Bertz CT molecular complexity index is 9600. The second-order valence-electron chi connectivity index (χ2n) is 29.5. The van der Waals surface area contributed by atoms with Crippen molar-refractivity contribution in [2.24, 2.45) is 17.8 Å². The molecule has 6 aliphatic rings. The van der Waals surface area contributed by atoms with E-state index in [0.717, 1.165) is 33.2 Å². The molecule has 1 saturated carbocycles. The molecule has 573 valence electrons. The first-order chi connectivity index (χ1) is 64.9. The van der Waals surface area contributed by atoms with E-state index in [4.69, 9.17) is 9.97 Å². The summed E-state index contributed by atoms with van der Waals surface area (Å²) in [7, 11) is 2.45. The SMILES string of the molecule is C1=CC2C3C4=c5c6c7c8c(ccc9c%10ccc%11c%12ccc%13c1c3c1c5c3c6c(c89)c%10c%11c3c%12c%131)C1C=CC2C4C71.CC#CC#CC#CC#CC#CC#CC#CC#CC#CC#CC#CC#CC#CC#CC#CC#CC#CC#CC#CC#CC#CC#CC#CC#CC#CC#CC#CC#CC#CC.C[B]P.Cc1cc(-c2ccccc2)c2ccc3c(-c4ccccc4)cc(C)nc3c2n1. The Morgan fingerprint density at radius 2 is 0.573 bits per heavy atom. The lowest BCUT2D eigenvalue weighted by Gasteiger charge is -2.37. The summed E-state index contributed by atoms with van der Waals surface area (Å²) in [5, 5.41) is 32.6. The molecule has 0 bridgehead atoms. The molecule has 21 rings (SSSR count). The topological polar surface area (TPSA) is 25.8 Å². The zero-order valence-corrected chi connectivity index (χ0v) is 71.5. The van der Waals surface area contributed by atoms with E-state index >= 15 is 0 Å². The van der Waals surface area contributed by atoms with E-state index < -0.39 is 0 Å². The van der Waals surface area contributed by atoms with Crippen molar-refractivity contribution in [1.29, 1.82) is 0 Å². The summed E-state index contributed by atoms with van der Waals surface area (Å²) in [5.41, 5.74) is 17.3. The van der Waals surface area contributed by atoms with Crippen LogP contribution >= 0.6 is 9.12 Å². The van der Waals surface area contributed by atoms with Crippen LogP contribution in [0.2, 0.25) is 6.82 Å². The van der Waals surface area contributed by atoms with Gasteiger partial charge in [-0.1, -0.05) is 152 Å². The van der Waals surface area contributed by atoms with Gasteiger partial charge in [-0.2, -0.15) is 9.12 Å². The van der Waals surface area contributed by atoms with Crippen LogP contribution in [0.3, 0.4) is 0 Å². The van der Waals surface area contributed by atoms with Crippen molar-refractivity contribution < 1.29 is 0 Å². The quantitative estimate of drug-likeness (QED) is 0.0567. The van der Waals surface area contributed by atoms with Crippen molar-refractivity contribution >= 4 is 147 Å². The average molecular weight is 1640 g/mol. The van der Waals surface area contributed by atoms with Crippen molar-refractivity contribution in [1.82, 2.24) is 9.97 Å². The number of aromatic nitrogens is 2. The fourth-order valence-corrected chi connectivity index (χ4v) is 19.0. The first-order valence-electron chi connectivity index (χ1n) is 41.0. The predicted octanol–water partition coefficient (Wildman–Crippen LogP) is 17.7. The molecular weight excluding hydrogens is 1600 g/mol. The Balaban J connectivity index is 0.000000137. The molecule has 2 aromatic heterocycles. The summed E-state index contributed by atoms with van der Waals surface area (Å²) in [6.45, 7) is 11.4. The van der Waals surface area contributed by atoms with E-state index in [9.17, 15) is 0 Å². The smallest absolute Gasteiger partial charge is 0.134 e. The molecule has 0 aliphatic heterocycles. The van der Waals surface area contributed by atoms with Crippen LogP contribution < -0.4 is 5.22 Å². The maximum atomic E-state index is 4.90. The maximum Gasteiger partial charge on any atom is 0.134 e. The molecule has 6 aliphatic carbocycles. The number of hydrogen-bond acceptors (Lipinski definition) is 2. The van der Waals surface area contributed by atoms with Gasteiger partial charge in [-0.3, -0.25) is 9.97 Å². The highest BCUT2D eigenvalue weighted by Gasteiger charge is 2.60. The molecule has 2 nitrogen and oxygen atoms in total. The highest BCUT2D eigenvalue weighted by atomic mass is 31.0. The van der Waals surface area contributed by atoms with Crippen LogP contribution in [-0.2, 0) is 0 Å². The van der Waals surface area contributed by atoms with Crippen molar-refractivity contribution in [3.63, 3.8) is 0 Å². The number of benzene rings is 9. The molecule has 7 unspecified atom stereocenters. The molecule has 15 aromatic rings. The van der Waals surface area contributed by atoms with Crippen molar-refractivity contribution in [3.05, 3.63) is 178 Å². The molecule has 2 heterocycles. The molecule has 7 atom stereocenters. The van der Waals surface area contributed by atoms with Gasteiger partial charge in [0.1, 0.15) is 7.00 Å². The third-order valence-electron chi connectivity index (χ3n) is 22.8. The first-order valence-corrected chi connectivity index (χ1v) is 41.7. The van der Waals surface area contributed by atoms with E-state index in [1.807, 2.05) is 31.5 Å². The normalized spacial score (nSPS) is 13.6. The average Bonchev–Trinajstić information content (AvgIpc) is 1.44. The van der Waals surface area contributed by atoms with Crippen LogP contribution in [0.25, 0.3) is 153 Å². The minimum Gasteiger partial charge on any atom is -0.251 e. The summed E-state index contributed by atoms with van der Waals surface area (Å²) >= 11 is 0. The van der Waals surface area contributed by atoms with Crippen molar-refractivity contribution in [3.8, 4) is 366 Å². The summed E-state index contributed by atoms with van der Waals surface area (Å²) in [4.78, 5) is 9.81. The zero-order chi connectivity index (χ0) is 89.2. The van der Waals surface area contributed by atoms with E-state index in [-0.39, 0.29) is 0 Å². The minimum absolute atomic E-state index is 0.534. The van der Waals surface area contributed by atoms with Crippen LogP contribution in [0.5, 0.6) is 0 Å². The highest BCUT2D eigenvalue weighted by Crippen LogP contribution is 2.73. The second-order valence-corrected chi connectivity index (χ2v) is 30.1. The Kier molecular flexibility index (Phi) is 23.8. The van der Waals surface area contributed by atoms with E-state index in [2.05, 4.69) is 500 Å². The third-order valence-corrected chi connectivity index (χ3v) is 22.8. The molecule has 1 radical (unpaired) electrons. The number of hydrogen-bond donors (Lipinski definition) is 0.